The summed E-state index contributed by atoms with van der Waals surface area (Å²) >= 11 is 0. The normalized spacial score (nSPS) is 20.8. The summed E-state index contributed by atoms with van der Waals surface area (Å²) in [7, 11) is 0. The van der Waals surface area contributed by atoms with Crippen LogP contribution in [0.25, 0.3) is 0 Å². The lowest BCUT2D eigenvalue weighted by molar-refractivity contribution is -0.138. The van der Waals surface area contributed by atoms with Gasteiger partial charge in [-0.15, -0.1) is 0 Å². The van der Waals surface area contributed by atoms with Crippen LogP contribution < -0.4 is 26.4 Å². The first-order valence-corrected chi connectivity index (χ1v) is 17.0. The van der Waals surface area contributed by atoms with E-state index in [-0.39, 0.29) is 24.8 Å². The minimum atomic E-state index is -1.17. The van der Waals surface area contributed by atoms with Gasteiger partial charge in [0.2, 0.25) is 23.6 Å². The summed E-state index contributed by atoms with van der Waals surface area (Å²) < 4.78 is 24.1. The molecule has 0 aliphatic carbocycles. The third kappa shape index (κ3) is 12.4. The molecule has 1 aromatic carbocycles. The van der Waals surface area contributed by atoms with Gasteiger partial charge in [0.05, 0.1) is 65.4 Å². The number of hydrogen-bond acceptors (Lipinski definition) is 10. The van der Waals surface area contributed by atoms with Crippen molar-refractivity contribution in [3.63, 3.8) is 0 Å². The average Bonchev–Trinajstić information content (AvgIpc) is 3.55. The molecule has 1 aromatic heterocycles. The van der Waals surface area contributed by atoms with E-state index in [0.717, 1.165) is 30.4 Å². The van der Waals surface area contributed by atoms with E-state index in [9.17, 15) is 19.2 Å². The number of rotatable bonds is 13. The first kappa shape index (κ1) is 37.8. The lowest BCUT2D eigenvalue weighted by atomic mass is 9.94. The second-order valence-corrected chi connectivity index (χ2v) is 12.4. The van der Waals surface area contributed by atoms with Crippen LogP contribution in [0.5, 0.6) is 5.75 Å². The van der Waals surface area contributed by atoms with Gasteiger partial charge in [-0.05, 0) is 55.4 Å². The molecule has 4 rings (SSSR count). The van der Waals surface area contributed by atoms with Gasteiger partial charge in [-0.2, -0.15) is 5.10 Å². The third-order valence-corrected chi connectivity index (χ3v) is 8.52. The van der Waals surface area contributed by atoms with Crippen molar-refractivity contribution in [3.05, 3.63) is 47.3 Å². The molecule has 1 fully saturated rings. The van der Waals surface area contributed by atoms with Crippen molar-refractivity contribution in [2.75, 3.05) is 65.9 Å². The Labute approximate surface area is 287 Å². The number of ether oxygens (including phenoxy) is 4. The van der Waals surface area contributed by atoms with E-state index in [1.165, 1.54) is 13.1 Å². The molecule has 0 spiro atoms. The van der Waals surface area contributed by atoms with Gasteiger partial charge in [-0.25, -0.2) is 0 Å². The first-order valence-electron chi connectivity index (χ1n) is 17.0. The number of nitrogens with one attached hydrogen (secondary N) is 3. The van der Waals surface area contributed by atoms with Crippen LogP contribution in [-0.4, -0.2) is 110 Å². The number of piperidine rings is 1. The van der Waals surface area contributed by atoms with Gasteiger partial charge in [-0.3, -0.25) is 23.9 Å². The van der Waals surface area contributed by atoms with E-state index in [4.69, 9.17) is 24.7 Å². The molecule has 0 radical (unpaired) electrons. The fourth-order valence-corrected chi connectivity index (χ4v) is 5.82. The van der Waals surface area contributed by atoms with Crippen LogP contribution in [0.2, 0.25) is 0 Å². The van der Waals surface area contributed by atoms with Crippen molar-refractivity contribution in [1.82, 2.24) is 30.6 Å². The van der Waals surface area contributed by atoms with Crippen molar-refractivity contribution in [1.29, 1.82) is 0 Å². The van der Waals surface area contributed by atoms with Gasteiger partial charge >= 0.3 is 0 Å². The number of fused-ring (bicyclic) bond motifs is 4. The number of carbonyl (C=O) groups excluding carboxylic acids is 4. The highest BCUT2D eigenvalue weighted by atomic mass is 16.5. The summed E-state index contributed by atoms with van der Waals surface area (Å²) in [6.07, 6.45) is 5.55. The summed E-state index contributed by atoms with van der Waals surface area (Å²) in [5.74, 6) is -0.847. The molecule has 1 saturated heterocycles. The summed E-state index contributed by atoms with van der Waals surface area (Å²) in [6, 6.07) is 3.45. The maximum absolute atomic E-state index is 13.7. The van der Waals surface area contributed by atoms with Crippen molar-refractivity contribution in [2.45, 2.75) is 64.7 Å². The van der Waals surface area contributed by atoms with Crippen molar-refractivity contribution >= 4 is 23.6 Å². The summed E-state index contributed by atoms with van der Waals surface area (Å²) in [6.45, 7) is 8.51. The van der Waals surface area contributed by atoms with E-state index in [1.807, 2.05) is 25.1 Å². The predicted molar refractivity (Wildman–Crippen MR) is 179 cm³/mol. The standard InChI is InChI=1S/C34H51N7O8/c1-24-5-6-29-18-27(24)20-36-34(45)32(28-21-37-41(23-28)10-13-47-15-17-48-16-14-46-12-8-35)39-33(44)30(38-25(2)42)19-31(43)40-9-3-4-26(22-40)7-11-49-29/h5-6,18,21,23,26,30,32H,3-4,7-17,19-20,22,35H2,1-2H3,(H,36,45)(H,38,42)(H,39,44)/t26?,30-,32?/m0/s1. The van der Waals surface area contributed by atoms with Crippen LogP contribution in [0.1, 0.15) is 55.3 Å². The number of nitrogens with two attached hydrogens (primary N) is 1. The Morgan fingerprint density at radius 2 is 1.82 bits per heavy atom. The van der Waals surface area contributed by atoms with Crippen LogP contribution in [-0.2, 0) is 46.5 Å². The lowest BCUT2D eigenvalue weighted by Crippen LogP contribution is -2.52. The molecule has 4 bridgehead atoms. The molecule has 3 heterocycles. The molecule has 5 N–H and O–H groups in total. The van der Waals surface area contributed by atoms with Gasteiger partial charge in [0.25, 0.3) is 0 Å². The fraction of sp³-hybridized carbons (Fsp3) is 0.618. The quantitative estimate of drug-likeness (QED) is 0.217. The molecule has 3 atom stereocenters. The molecular formula is C34H51N7O8. The summed E-state index contributed by atoms with van der Waals surface area (Å²) in [5.41, 5.74) is 7.67. The molecular weight excluding hydrogens is 634 g/mol. The SMILES string of the molecule is CC(=O)N[C@H]1CC(=O)N2CCCC(CCOc3ccc(C)c(c3)CNC(=O)C(c3cnn(CCOCCOCCOCCN)c3)NC1=O)C2. The van der Waals surface area contributed by atoms with E-state index in [1.54, 1.807) is 15.8 Å². The highest BCUT2D eigenvalue weighted by Gasteiger charge is 2.32. The molecule has 2 aliphatic heterocycles. The second kappa shape index (κ2) is 19.8. The topological polar surface area (TPSA) is 188 Å². The zero-order valence-corrected chi connectivity index (χ0v) is 28.6. The smallest absolute Gasteiger partial charge is 0.247 e. The summed E-state index contributed by atoms with van der Waals surface area (Å²) in [4.78, 5) is 54.7. The Balaban J connectivity index is 1.47. The van der Waals surface area contributed by atoms with Gasteiger partial charge in [0.1, 0.15) is 17.8 Å². The molecule has 0 saturated carbocycles. The number of carbonyl (C=O) groups is 4. The van der Waals surface area contributed by atoms with Gasteiger partial charge in [0, 0.05) is 44.9 Å². The van der Waals surface area contributed by atoms with E-state index in [2.05, 4.69) is 21.0 Å². The van der Waals surface area contributed by atoms with Crippen LogP contribution in [0, 0.1) is 12.8 Å². The van der Waals surface area contributed by atoms with Crippen LogP contribution in [0.15, 0.2) is 30.6 Å². The largest absolute Gasteiger partial charge is 0.494 e. The van der Waals surface area contributed by atoms with Crippen molar-refractivity contribution < 1.29 is 38.1 Å². The lowest BCUT2D eigenvalue weighted by Gasteiger charge is -2.34. The number of nitrogens with zero attached hydrogens (tertiary/aromatic N) is 3. The Bertz CT molecular complexity index is 1390. The number of amides is 4. The van der Waals surface area contributed by atoms with Crippen LogP contribution >= 0.6 is 0 Å². The Kier molecular flexibility index (Phi) is 15.3. The first-order chi connectivity index (χ1) is 23.7. The summed E-state index contributed by atoms with van der Waals surface area (Å²) in [5, 5.41) is 12.7. The Hall–Kier alpha value is -4.05. The van der Waals surface area contributed by atoms with E-state index < -0.39 is 29.8 Å². The molecule has 15 nitrogen and oxygen atoms in total. The van der Waals surface area contributed by atoms with Gasteiger partial charge in [0.15, 0.2) is 0 Å². The highest BCUT2D eigenvalue weighted by molar-refractivity contribution is 5.95. The van der Waals surface area contributed by atoms with E-state index in [0.29, 0.717) is 83.7 Å². The molecule has 15 heteroatoms. The zero-order chi connectivity index (χ0) is 35.0. The van der Waals surface area contributed by atoms with Gasteiger partial charge in [-0.1, -0.05) is 6.07 Å². The van der Waals surface area contributed by atoms with Crippen molar-refractivity contribution in [2.24, 2.45) is 11.7 Å². The number of benzene rings is 1. The Morgan fingerprint density at radius 1 is 1.06 bits per heavy atom. The maximum atomic E-state index is 13.7. The Morgan fingerprint density at radius 3 is 2.57 bits per heavy atom. The van der Waals surface area contributed by atoms with Crippen LogP contribution in [0.3, 0.4) is 0 Å². The molecule has 49 heavy (non-hydrogen) atoms. The number of aryl methyl sites for hydroxylation is 1. The van der Waals surface area contributed by atoms with Crippen LogP contribution in [0.4, 0.5) is 0 Å². The molecule has 4 amide bonds. The molecule has 2 aromatic rings. The molecule has 270 valence electrons. The minimum absolute atomic E-state index is 0.197. The maximum Gasteiger partial charge on any atom is 0.247 e. The minimum Gasteiger partial charge on any atom is -0.494 e. The molecule has 2 unspecified atom stereocenters. The fourth-order valence-electron chi connectivity index (χ4n) is 5.82. The second-order valence-electron chi connectivity index (χ2n) is 12.4. The average molecular weight is 686 g/mol. The monoisotopic (exact) mass is 685 g/mol. The molecule has 2 aliphatic rings. The van der Waals surface area contributed by atoms with Crippen molar-refractivity contribution in [3.8, 4) is 5.75 Å². The predicted octanol–water partition coefficient (Wildman–Crippen LogP) is 0.590. The third-order valence-electron chi connectivity index (χ3n) is 8.52. The van der Waals surface area contributed by atoms with E-state index >= 15 is 0 Å². The highest BCUT2D eigenvalue weighted by Crippen LogP contribution is 2.23. The number of hydrogen-bond donors (Lipinski definition) is 4. The van der Waals surface area contributed by atoms with Gasteiger partial charge < -0.3 is 45.5 Å². The number of aromatic nitrogens is 2. The zero-order valence-electron chi connectivity index (χ0n) is 28.6.